The lowest BCUT2D eigenvalue weighted by Gasteiger charge is -2.15. The first-order valence-corrected chi connectivity index (χ1v) is 7.29. The van der Waals surface area contributed by atoms with E-state index in [1.165, 1.54) is 0 Å². The second kappa shape index (κ2) is 7.39. The molecule has 1 aromatic rings. The first kappa shape index (κ1) is 15.7. The van der Waals surface area contributed by atoms with Gasteiger partial charge in [-0.3, -0.25) is 16.0 Å². The Hall–Kier alpha value is -2.64. The minimum atomic E-state index is -0.524. The molecular weight excluding hydrogens is 282 g/mol. The molecule has 0 aliphatic carbocycles. The van der Waals surface area contributed by atoms with Gasteiger partial charge in [0.05, 0.1) is 0 Å². The molecule has 1 aliphatic rings. The van der Waals surface area contributed by atoms with E-state index in [-0.39, 0.29) is 11.9 Å². The zero-order valence-electron chi connectivity index (χ0n) is 12.6. The van der Waals surface area contributed by atoms with Crippen molar-refractivity contribution < 1.29 is 4.79 Å². The summed E-state index contributed by atoms with van der Waals surface area (Å²) in [6.07, 6.45) is 4.46. The quantitative estimate of drug-likeness (QED) is 0.483. The number of carbonyl (C=O) groups excluding carboxylic acids is 1. The number of nitrogens with two attached hydrogens (primary N) is 1. The van der Waals surface area contributed by atoms with Gasteiger partial charge in [0.1, 0.15) is 5.82 Å². The average molecular weight is 303 g/mol. The van der Waals surface area contributed by atoms with Crippen LogP contribution in [0.3, 0.4) is 0 Å². The number of anilines is 1. The summed E-state index contributed by atoms with van der Waals surface area (Å²) in [5.74, 6) is 0.454. The van der Waals surface area contributed by atoms with Crippen LogP contribution in [0.2, 0.25) is 0 Å². The number of pyridine rings is 1. The van der Waals surface area contributed by atoms with Crippen molar-refractivity contribution in [2.45, 2.75) is 26.2 Å². The Morgan fingerprint density at radius 2 is 2.23 bits per heavy atom. The molecule has 0 atom stereocenters. The Bertz CT molecular complexity index is 578. The van der Waals surface area contributed by atoms with Crippen molar-refractivity contribution in [3.63, 3.8) is 0 Å². The molecule has 0 saturated carbocycles. The number of urea groups is 1. The molecule has 2 heterocycles. The summed E-state index contributed by atoms with van der Waals surface area (Å²) < 4.78 is 0. The number of aliphatic imine (C=N–C) groups is 1. The molecule has 0 bridgehead atoms. The molecule has 0 radical (unpaired) electrons. The molecule has 1 fully saturated rings. The number of hydrogen-bond acceptors (Lipinski definition) is 3. The number of carbonyl (C=O) groups is 1. The van der Waals surface area contributed by atoms with Gasteiger partial charge in [-0.05, 0) is 30.9 Å². The van der Waals surface area contributed by atoms with Crippen LogP contribution in [0.15, 0.2) is 23.3 Å². The molecule has 0 spiro atoms. The lowest BCUT2D eigenvalue weighted by atomic mass is 10.2. The highest BCUT2D eigenvalue weighted by Gasteiger charge is 2.15. The van der Waals surface area contributed by atoms with Crippen molar-refractivity contribution >= 4 is 23.8 Å². The number of nitrogens with one attached hydrogen (secondary N) is 3. The number of hydrogen-bond donors (Lipinski definition) is 4. The van der Waals surface area contributed by atoms with E-state index < -0.39 is 6.03 Å². The molecular formula is C14H21N7O. The number of aromatic nitrogens is 1. The summed E-state index contributed by atoms with van der Waals surface area (Å²) in [5, 5.41) is 12.9. The Balaban J connectivity index is 1.92. The van der Waals surface area contributed by atoms with E-state index in [1.54, 1.807) is 6.20 Å². The maximum absolute atomic E-state index is 11.9. The molecule has 1 aromatic heterocycles. The van der Waals surface area contributed by atoms with Crippen LogP contribution in [0.1, 0.15) is 25.3 Å². The molecule has 5 N–H and O–H groups in total. The zero-order valence-corrected chi connectivity index (χ0v) is 12.6. The van der Waals surface area contributed by atoms with Crippen LogP contribution in [0.5, 0.6) is 0 Å². The van der Waals surface area contributed by atoms with Crippen molar-refractivity contribution in [3.8, 4) is 0 Å². The maximum atomic E-state index is 11.9. The van der Waals surface area contributed by atoms with Gasteiger partial charge in [0, 0.05) is 19.3 Å². The second-order valence-corrected chi connectivity index (χ2v) is 4.96. The van der Waals surface area contributed by atoms with Crippen molar-refractivity contribution in [1.82, 2.24) is 15.2 Å². The van der Waals surface area contributed by atoms with Gasteiger partial charge in [0.2, 0.25) is 11.9 Å². The Morgan fingerprint density at radius 1 is 1.50 bits per heavy atom. The third kappa shape index (κ3) is 4.18. The van der Waals surface area contributed by atoms with Crippen LogP contribution in [-0.4, -0.2) is 40.9 Å². The molecule has 0 aromatic carbocycles. The summed E-state index contributed by atoms with van der Waals surface area (Å²) in [7, 11) is 0. The van der Waals surface area contributed by atoms with Gasteiger partial charge in [0.15, 0.2) is 0 Å². The Labute approximate surface area is 129 Å². The van der Waals surface area contributed by atoms with Crippen molar-refractivity contribution in [3.05, 3.63) is 23.9 Å². The Morgan fingerprint density at radius 3 is 2.91 bits per heavy atom. The first-order chi connectivity index (χ1) is 10.6. The van der Waals surface area contributed by atoms with Gasteiger partial charge < -0.3 is 10.6 Å². The molecule has 2 amide bonds. The normalized spacial score (nSPS) is 14.8. The van der Waals surface area contributed by atoms with Crippen LogP contribution in [-0.2, 0) is 6.42 Å². The van der Waals surface area contributed by atoms with Crippen LogP contribution in [0, 0.1) is 5.41 Å². The van der Waals surface area contributed by atoms with Gasteiger partial charge in [-0.1, -0.05) is 13.0 Å². The fraction of sp³-hybridized carbons (Fsp3) is 0.429. The molecule has 2 rings (SSSR count). The van der Waals surface area contributed by atoms with Crippen LogP contribution >= 0.6 is 0 Å². The highest BCUT2D eigenvalue weighted by molar-refractivity contribution is 6.04. The molecule has 1 aliphatic heterocycles. The highest BCUT2D eigenvalue weighted by atomic mass is 16.2. The van der Waals surface area contributed by atoms with Crippen LogP contribution < -0.4 is 16.4 Å². The summed E-state index contributed by atoms with van der Waals surface area (Å²) in [6.45, 7) is 3.58. The van der Waals surface area contributed by atoms with Crippen LogP contribution in [0.4, 0.5) is 10.6 Å². The number of likely N-dealkylation sites (tertiary alicyclic amines) is 1. The van der Waals surface area contributed by atoms with E-state index >= 15 is 0 Å². The van der Waals surface area contributed by atoms with E-state index in [4.69, 9.17) is 11.1 Å². The summed E-state index contributed by atoms with van der Waals surface area (Å²) in [5.41, 5.74) is 6.59. The molecule has 1 saturated heterocycles. The molecule has 118 valence electrons. The number of amides is 2. The van der Waals surface area contributed by atoms with Crippen molar-refractivity contribution in [1.29, 1.82) is 5.41 Å². The number of rotatable bonds is 2. The molecule has 8 nitrogen and oxygen atoms in total. The number of guanidine groups is 2. The van der Waals surface area contributed by atoms with Gasteiger partial charge in [-0.2, -0.15) is 4.99 Å². The minimum absolute atomic E-state index is 0.0717. The third-order valence-corrected chi connectivity index (χ3v) is 3.38. The molecule has 22 heavy (non-hydrogen) atoms. The topological polar surface area (TPSA) is 119 Å². The van der Waals surface area contributed by atoms with E-state index in [0.717, 1.165) is 37.9 Å². The van der Waals surface area contributed by atoms with Gasteiger partial charge in [-0.25, -0.2) is 9.78 Å². The minimum Gasteiger partial charge on any atom is -0.369 e. The summed E-state index contributed by atoms with van der Waals surface area (Å²) in [6, 6.07) is 3.18. The van der Waals surface area contributed by atoms with E-state index in [2.05, 4.69) is 20.6 Å². The number of aryl methyl sites for hydroxylation is 1. The van der Waals surface area contributed by atoms with E-state index in [1.807, 2.05) is 24.0 Å². The smallest absolute Gasteiger partial charge is 0.327 e. The van der Waals surface area contributed by atoms with Crippen molar-refractivity contribution in [2.75, 3.05) is 18.4 Å². The highest BCUT2D eigenvalue weighted by Crippen LogP contribution is 2.11. The lowest BCUT2D eigenvalue weighted by Crippen LogP contribution is -2.41. The fourth-order valence-corrected chi connectivity index (χ4v) is 2.23. The third-order valence-electron chi connectivity index (χ3n) is 3.38. The SMILES string of the molecule is CCc1cccnc1NC(=O)N/C(N)=N/C(=N)N1CCCC1. The van der Waals surface area contributed by atoms with E-state index in [0.29, 0.717) is 5.82 Å². The average Bonchev–Trinajstić information content (AvgIpc) is 3.01. The predicted octanol–water partition coefficient (Wildman–Crippen LogP) is 1.11. The maximum Gasteiger partial charge on any atom is 0.327 e. The van der Waals surface area contributed by atoms with Gasteiger partial charge in [0.25, 0.3) is 0 Å². The first-order valence-electron chi connectivity index (χ1n) is 7.29. The fourth-order valence-electron chi connectivity index (χ4n) is 2.23. The largest absolute Gasteiger partial charge is 0.369 e. The monoisotopic (exact) mass is 303 g/mol. The second-order valence-electron chi connectivity index (χ2n) is 4.96. The molecule has 0 unspecified atom stereocenters. The van der Waals surface area contributed by atoms with Crippen LogP contribution in [0.25, 0.3) is 0 Å². The number of nitrogens with zero attached hydrogens (tertiary/aromatic N) is 3. The summed E-state index contributed by atoms with van der Waals surface area (Å²) >= 11 is 0. The predicted molar refractivity (Wildman–Crippen MR) is 85.9 cm³/mol. The molecule has 8 heteroatoms. The van der Waals surface area contributed by atoms with E-state index in [9.17, 15) is 4.79 Å². The zero-order chi connectivity index (χ0) is 15.9. The Kier molecular flexibility index (Phi) is 5.29. The lowest BCUT2D eigenvalue weighted by molar-refractivity contribution is 0.256. The summed E-state index contributed by atoms with van der Waals surface area (Å²) in [4.78, 5) is 21.7. The van der Waals surface area contributed by atoms with Crippen molar-refractivity contribution in [2.24, 2.45) is 10.7 Å². The van der Waals surface area contributed by atoms with Gasteiger partial charge >= 0.3 is 6.03 Å². The standard InChI is InChI=1S/C14H21N7O/c1-2-10-6-5-7-17-11(10)18-14(22)20-12(15)19-13(16)21-8-3-4-9-21/h5-7H,2-4,8-9H2,1H3,(H5,15,16,17,18,19,20,22). The van der Waals surface area contributed by atoms with Gasteiger partial charge in [-0.15, -0.1) is 0 Å².